The molecule has 0 heterocycles. The molecule has 0 spiro atoms. The van der Waals surface area contributed by atoms with Gasteiger partial charge < -0.3 is 20.7 Å². The molecular formula is C25H29NO3. The molecule has 0 aliphatic carbocycles. The number of aliphatic hydroxyl groups excluding tert-OH is 2. The van der Waals surface area contributed by atoms with Crippen LogP contribution in [0.1, 0.15) is 23.1 Å². The Morgan fingerprint density at radius 2 is 1.55 bits per heavy atom. The van der Waals surface area contributed by atoms with Crippen molar-refractivity contribution < 1.29 is 14.9 Å². The minimum Gasteiger partial charge on any atom is -0.489 e. The summed E-state index contributed by atoms with van der Waals surface area (Å²) in [6.45, 7) is 2.16. The highest BCUT2D eigenvalue weighted by atomic mass is 16.5. The molecule has 0 bridgehead atoms. The molecule has 0 aliphatic rings. The summed E-state index contributed by atoms with van der Waals surface area (Å²) in [5.41, 5.74) is 10.7. The molecule has 4 N–H and O–H groups in total. The van der Waals surface area contributed by atoms with E-state index < -0.39 is 5.54 Å². The molecule has 3 aromatic carbocycles. The number of aliphatic hydroxyl groups is 2. The predicted octanol–water partition coefficient (Wildman–Crippen LogP) is 3.86. The van der Waals surface area contributed by atoms with Gasteiger partial charge in [-0.05, 0) is 59.7 Å². The van der Waals surface area contributed by atoms with Gasteiger partial charge in [-0.3, -0.25) is 0 Å². The fourth-order valence-electron chi connectivity index (χ4n) is 3.21. The Kier molecular flexibility index (Phi) is 7.04. The van der Waals surface area contributed by atoms with Crippen molar-refractivity contribution in [2.75, 3.05) is 13.2 Å². The third kappa shape index (κ3) is 5.67. The van der Waals surface area contributed by atoms with Crippen molar-refractivity contribution in [2.24, 2.45) is 5.73 Å². The van der Waals surface area contributed by atoms with Crippen molar-refractivity contribution in [3.05, 3.63) is 89.5 Å². The lowest BCUT2D eigenvalue weighted by molar-refractivity contribution is 0.115. The SMILES string of the molecule is Cc1ccccc1COc1cccc(-c2cccc(CCC(N)(CO)CO)c2)c1. The largest absolute Gasteiger partial charge is 0.489 e. The van der Waals surface area contributed by atoms with Gasteiger partial charge in [-0.25, -0.2) is 0 Å². The van der Waals surface area contributed by atoms with Crippen LogP contribution in [0.15, 0.2) is 72.8 Å². The lowest BCUT2D eigenvalue weighted by Gasteiger charge is -2.24. The van der Waals surface area contributed by atoms with Crippen molar-refractivity contribution in [3.63, 3.8) is 0 Å². The monoisotopic (exact) mass is 391 g/mol. The zero-order chi connectivity index (χ0) is 20.7. The zero-order valence-corrected chi connectivity index (χ0v) is 16.8. The number of ether oxygens (including phenoxy) is 1. The molecule has 29 heavy (non-hydrogen) atoms. The summed E-state index contributed by atoms with van der Waals surface area (Å²) < 4.78 is 6.01. The number of nitrogens with two attached hydrogens (primary N) is 1. The Morgan fingerprint density at radius 1 is 0.862 bits per heavy atom. The minimum atomic E-state index is -0.945. The minimum absolute atomic E-state index is 0.233. The van der Waals surface area contributed by atoms with Gasteiger partial charge in [-0.2, -0.15) is 0 Å². The third-order valence-electron chi connectivity index (χ3n) is 5.29. The summed E-state index contributed by atoms with van der Waals surface area (Å²) in [4.78, 5) is 0. The third-order valence-corrected chi connectivity index (χ3v) is 5.29. The first-order chi connectivity index (χ1) is 14.0. The second kappa shape index (κ2) is 9.70. The Bertz CT molecular complexity index is 935. The van der Waals surface area contributed by atoms with Crippen LogP contribution in [0, 0.1) is 6.92 Å². The van der Waals surface area contributed by atoms with Crippen LogP contribution in [0.5, 0.6) is 5.75 Å². The van der Waals surface area contributed by atoms with Crippen molar-refractivity contribution in [2.45, 2.75) is 31.9 Å². The topological polar surface area (TPSA) is 75.7 Å². The highest BCUT2D eigenvalue weighted by Crippen LogP contribution is 2.26. The van der Waals surface area contributed by atoms with Crippen LogP contribution in [0.2, 0.25) is 0 Å². The fourth-order valence-corrected chi connectivity index (χ4v) is 3.21. The molecule has 4 nitrogen and oxygen atoms in total. The highest BCUT2D eigenvalue weighted by Gasteiger charge is 2.22. The molecule has 0 aromatic heterocycles. The molecule has 0 amide bonds. The van der Waals surface area contributed by atoms with E-state index in [9.17, 15) is 10.2 Å². The quantitative estimate of drug-likeness (QED) is 0.518. The van der Waals surface area contributed by atoms with Gasteiger partial charge in [0.25, 0.3) is 0 Å². The zero-order valence-electron chi connectivity index (χ0n) is 16.8. The van der Waals surface area contributed by atoms with E-state index in [0.29, 0.717) is 19.4 Å². The second-order valence-electron chi connectivity index (χ2n) is 7.62. The Hall–Kier alpha value is -2.66. The van der Waals surface area contributed by atoms with E-state index in [0.717, 1.165) is 22.4 Å². The van der Waals surface area contributed by atoms with Crippen LogP contribution in [0.3, 0.4) is 0 Å². The molecule has 0 fully saturated rings. The van der Waals surface area contributed by atoms with Crippen LogP contribution >= 0.6 is 0 Å². The summed E-state index contributed by atoms with van der Waals surface area (Å²) in [7, 11) is 0. The van der Waals surface area contributed by atoms with E-state index in [4.69, 9.17) is 10.5 Å². The first-order valence-corrected chi connectivity index (χ1v) is 9.90. The maximum Gasteiger partial charge on any atom is 0.120 e. The fraction of sp³-hybridized carbons (Fsp3) is 0.280. The normalized spacial score (nSPS) is 11.4. The number of hydrogen-bond donors (Lipinski definition) is 3. The van der Waals surface area contributed by atoms with Crippen molar-refractivity contribution in [1.29, 1.82) is 0 Å². The molecule has 0 atom stereocenters. The molecule has 0 radical (unpaired) electrons. The second-order valence-corrected chi connectivity index (χ2v) is 7.62. The van der Waals surface area contributed by atoms with Crippen LogP contribution in [-0.2, 0) is 13.0 Å². The first-order valence-electron chi connectivity index (χ1n) is 9.90. The maximum atomic E-state index is 9.38. The van der Waals surface area contributed by atoms with E-state index in [2.05, 4.69) is 37.3 Å². The number of rotatable bonds is 9. The molecule has 0 saturated heterocycles. The molecule has 0 unspecified atom stereocenters. The van der Waals surface area contributed by atoms with E-state index in [1.54, 1.807) is 0 Å². The van der Waals surface area contributed by atoms with Crippen LogP contribution in [0.4, 0.5) is 0 Å². The van der Waals surface area contributed by atoms with Gasteiger partial charge in [0.15, 0.2) is 0 Å². The van der Waals surface area contributed by atoms with E-state index >= 15 is 0 Å². The van der Waals surface area contributed by atoms with Gasteiger partial charge in [0.2, 0.25) is 0 Å². The number of benzene rings is 3. The van der Waals surface area contributed by atoms with Gasteiger partial charge in [-0.1, -0.05) is 60.7 Å². The summed E-state index contributed by atoms with van der Waals surface area (Å²) in [5, 5.41) is 18.8. The Balaban J connectivity index is 1.71. The lowest BCUT2D eigenvalue weighted by atomic mass is 9.93. The summed E-state index contributed by atoms with van der Waals surface area (Å²) >= 11 is 0. The van der Waals surface area contributed by atoms with Crippen molar-refractivity contribution >= 4 is 0 Å². The molecule has 0 aliphatic heterocycles. The van der Waals surface area contributed by atoms with Gasteiger partial charge >= 0.3 is 0 Å². The highest BCUT2D eigenvalue weighted by molar-refractivity contribution is 5.65. The molecule has 3 aromatic rings. The average molecular weight is 392 g/mol. The van der Waals surface area contributed by atoms with Crippen LogP contribution < -0.4 is 10.5 Å². The van der Waals surface area contributed by atoms with E-state index in [1.165, 1.54) is 11.1 Å². The van der Waals surface area contributed by atoms with Crippen LogP contribution in [0.25, 0.3) is 11.1 Å². The summed E-state index contributed by atoms with van der Waals surface area (Å²) in [6.07, 6.45) is 1.21. The van der Waals surface area contributed by atoms with Crippen LogP contribution in [-0.4, -0.2) is 29.0 Å². The molecule has 152 valence electrons. The van der Waals surface area contributed by atoms with E-state index in [1.807, 2.05) is 42.5 Å². The van der Waals surface area contributed by atoms with Gasteiger partial charge in [-0.15, -0.1) is 0 Å². The molecule has 4 heteroatoms. The maximum absolute atomic E-state index is 9.38. The number of hydrogen-bond acceptors (Lipinski definition) is 4. The van der Waals surface area contributed by atoms with E-state index in [-0.39, 0.29) is 13.2 Å². The Morgan fingerprint density at radius 3 is 2.28 bits per heavy atom. The summed E-state index contributed by atoms with van der Waals surface area (Å²) in [5.74, 6) is 0.831. The molecule has 0 saturated carbocycles. The summed E-state index contributed by atoms with van der Waals surface area (Å²) in [6, 6.07) is 24.5. The van der Waals surface area contributed by atoms with Gasteiger partial charge in [0.1, 0.15) is 12.4 Å². The lowest BCUT2D eigenvalue weighted by Crippen LogP contribution is -2.47. The van der Waals surface area contributed by atoms with Gasteiger partial charge in [0.05, 0.1) is 18.8 Å². The number of aryl methyl sites for hydroxylation is 2. The average Bonchev–Trinajstić information content (AvgIpc) is 2.77. The Labute approximate surface area is 172 Å². The molecular weight excluding hydrogens is 362 g/mol. The van der Waals surface area contributed by atoms with Crippen molar-refractivity contribution in [1.82, 2.24) is 0 Å². The predicted molar refractivity (Wildman–Crippen MR) is 117 cm³/mol. The standard InChI is InChI=1S/C25H29NO3/c1-19-6-2-3-8-23(19)16-29-24-11-5-10-22(15-24)21-9-4-7-20(14-21)12-13-25(26,17-27)18-28/h2-11,14-15,27-28H,12-13,16-18,26H2,1H3. The molecule has 3 rings (SSSR count). The smallest absolute Gasteiger partial charge is 0.120 e. The van der Waals surface area contributed by atoms with Crippen molar-refractivity contribution in [3.8, 4) is 16.9 Å². The van der Waals surface area contributed by atoms with Gasteiger partial charge in [0, 0.05) is 0 Å². The first kappa shape index (κ1) is 21.1.